The first-order valence-corrected chi connectivity index (χ1v) is 8.11. The molecule has 0 aliphatic carbocycles. The van der Waals surface area contributed by atoms with Crippen molar-refractivity contribution in [3.05, 3.63) is 53.2 Å². The van der Waals surface area contributed by atoms with Gasteiger partial charge in [-0.3, -0.25) is 4.72 Å². The van der Waals surface area contributed by atoms with E-state index in [0.717, 1.165) is 18.4 Å². The summed E-state index contributed by atoms with van der Waals surface area (Å²) in [5.41, 5.74) is 1.11. The second-order valence-electron chi connectivity index (χ2n) is 4.33. The van der Waals surface area contributed by atoms with E-state index < -0.39 is 10.0 Å². The van der Waals surface area contributed by atoms with Crippen LogP contribution in [0.15, 0.2) is 47.5 Å². The molecule has 1 aromatic carbocycles. The Labute approximate surface area is 123 Å². The third-order valence-corrected chi connectivity index (χ3v) is 4.42. The average molecular weight is 311 g/mol. The number of hydrogen-bond acceptors (Lipinski definition) is 3. The van der Waals surface area contributed by atoms with Crippen LogP contribution < -0.4 is 4.72 Å². The van der Waals surface area contributed by atoms with Gasteiger partial charge in [0.15, 0.2) is 5.82 Å². The number of aryl methyl sites for hydroxylation is 1. The molecule has 1 heterocycles. The first-order chi connectivity index (χ1) is 9.53. The van der Waals surface area contributed by atoms with Gasteiger partial charge in [0.05, 0.1) is 9.92 Å². The topological polar surface area (TPSA) is 59.1 Å². The summed E-state index contributed by atoms with van der Waals surface area (Å²) in [6.45, 7) is 2.08. The van der Waals surface area contributed by atoms with Crippen LogP contribution in [0.5, 0.6) is 0 Å². The minimum atomic E-state index is -3.66. The van der Waals surface area contributed by atoms with Gasteiger partial charge in [0.25, 0.3) is 10.0 Å². The molecule has 0 fully saturated rings. The standard InChI is InChI=1S/C14H15ClN2O2S/c1-2-4-11-6-8-12(9-7-11)20(18,19)17-14-13(15)5-3-10-16-14/h3,5-10H,2,4H2,1H3,(H,16,17). The Morgan fingerprint density at radius 2 is 1.90 bits per heavy atom. The SMILES string of the molecule is CCCc1ccc(S(=O)(=O)Nc2ncccc2Cl)cc1. The summed E-state index contributed by atoms with van der Waals surface area (Å²) in [5.74, 6) is 0.131. The number of aromatic nitrogens is 1. The van der Waals surface area contributed by atoms with Crippen LogP contribution in [0.25, 0.3) is 0 Å². The molecule has 0 aliphatic rings. The van der Waals surface area contributed by atoms with E-state index in [0.29, 0.717) is 0 Å². The molecule has 0 unspecified atom stereocenters. The van der Waals surface area contributed by atoms with Gasteiger partial charge in [0, 0.05) is 6.20 Å². The molecule has 6 heteroatoms. The van der Waals surface area contributed by atoms with Crippen LogP contribution in [0.4, 0.5) is 5.82 Å². The van der Waals surface area contributed by atoms with Gasteiger partial charge in [-0.05, 0) is 36.2 Å². The number of nitrogens with zero attached hydrogens (tertiary/aromatic N) is 1. The lowest BCUT2D eigenvalue weighted by atomic mass is 10.1. The molecular weight excluding hydrogens is 296 g/mol. The van der Waals surface area contributed by atoms with Crippen LogP contribution in [0.3, 0.4) is 0 Å². The Morgan fingerprint density at radius 1 is 1.20 bits per heavy atom. The summed E-state index contributed by atoms with van der Waals surface area (Å²) in [6, 6.07) is 10.0. The first-order valence-electron chi connectivity index (χ1n) is 6.25. The Kier molecular flexibility index (Phi) is 4.62. The summed E-state index contributed by atoms with van der Waals surface area (Å²) >= 11 is 5.89. The monoisotopic (exact) mass is 310 g/mol. The van der Waals surface area contributed by atoms with Crippen LogP contribution in [-0.2, 0) is 16.4 Å². The van der Waals surface area contributed by atoms with Crippen LogP contribution in [0, 0.1) is 0 Å². The number of rotatable bonds is 5. The van der Waals surface area contributed by atoms with Gasteiger partial charge < -0.3 is 0 Å². The van der Waals surface area contributed by atoms with Crippen molar-refractivity contribution in [2.24, 2.45) is 0 Å². The Hall–Kier alpha value is -1.59. The molecule has 1 aromatic heterocycles. The van der Waals surface area contributed by atoms with E-state index in [1.165, 1.54) is 6.20 Å². The maximum atomic E-state index is 12.2. The minimum absolute atomic E-state index is 0.131. The van der Waals surface area contributed by atoms with Gasteiger partial charge in [0.1, 0.15) is 0 Å². The summed E-state index contributed by atoms with van der Waals surface area (Å²) in [4.78, 5) is 4.11. The zero-order valence-electron chi connectivity index (χ0n) is 11.0. The second-order valence-corrected chi connectivity index (χ2v) is 6.42. The van der Waals surface area contributed by atoms with Crippen LogP contribution in [-0.4, -0.2) is 13.4 Å². The van der Waals surface area contributed by atoms with Crippen molar-refractivity contribution in [1.29, 1.82) is 0 Å². The van der Waals surface area contributed by atoms with Crippen molar-refractivity contribution in [3.8, 4) is 0 Å². The third kappa shape index (κ3) is 3.49. The predicted octanol–water partition coefficient (Wildman–Crippen LogP) is 3.49. The largest absolute Gasteiger partial charge is 0.263 e. The summed E-state index contributed by atoms with van der Waals surface area (Å²) in [7, 11) is -3.66. The fourth-order valence-electron chi connectivity index (χ4n) is 1.77. The number of pyridine rings is 1. The molecule has 0 saturated heterocycles. The highest BCUT2D eigenvalue weighted by Crippen LogP contribution is 2.21. The number of anilines is 1. The molecule has 0 atom stereocenters. The lowest BCUT2D eigenvalue weighted by molar-refractivity contribution is 0.601. The summed E-state index contributed by atoms with van der Waals surface area (Å²) in [5, 5.41) is 0.263. The van der Waals surface area contributed by atoms with Crippen molar-refractivity contribution >= 4 is 27.4 Å². The fraction of sp³-hybridized carbons (Fsp3) is 0.214. The smallest absolute Gasteiger partial charge is 0.262 e. The van der Waals surface area contributed by atoms with E-state index >= 15 is 0 Å². The van der Waals surface area contributed by atoms with E-state index in [1.807, 2.05) is 12.1 Å². The fourth-order valence-corrected chi connectivity index (χ4v) is 3.03. The highest BCUT2D eigenvalue weighted by molar-refractivity contribution is 7.92. The highest BCUT2D eigenvalue weighted by atomic mass is 35.5. The van der Waals surface area contributed by atoms with Crippen molar-refractivity contribution in [3.63, 3.8) is 0 Å². The van der Waals surface area contributed by atoms with Gasteiger partial charge in [-0.1, -0.05) is 37.1 Å². The normalized spacial score (nSPS) is 11.3. The van der Waals surface area contributed by atoms with E-state index in [1.54, 1.807) is 24.3 Å². The van der Waals surface area contributed by atoms with E-state index in [2.05, 4.69) is 16.6 Å². The molecule has 1 N–H and O–H groups in total. The van der Waals surface area contributed by atoms with Gasteiger partial charge in [-0.15, -0.1) is 0 Å². The zero-order valence-corrected chi connectivity index (χ0v) is 12.6. The quantitative estimate of drug-likeness (QED) is 0.919. The molecule has 4 nitrogen and oxygen atoms in total. The molecular formula is C14H15ClN2O2S. The lowest BCUT2D eigenvalue weighted by Gasteiger charge is -2.09. The van der Waals surface area contributed by atoms with E-state index in [4.69, 9.17) is 11.6 Å². The average Bonchev–Trinajstić information content (AvgIpc) is 2.42. The number of sulfonamides is 1. The number of nitrogens with one attached hydrogen (secondary N) is 1. The molecule has 0 saturated carbocycles. The van der Waals surface area contributed by atoms with Crippen molar-refractivity contribution in [2.75, 3.05) is 4.72 Å². The highest BCUT2D eigenvalue weighted by Gasteiger charge is 2.16. The lowest BCUT2D eigenvalue weighted by Crippen LogP contribution is -2.14. The molecule has 106 valence electrons. The number of hydrogen-bond donors (Lipinski definition) is 1. The summed E-state index contributed by atoms with van der Waals surface area (Å²) < 4.78 is 26.8. The Balaban J connectivity index is 2.24. The van der Waals surface area contributed by atoms with Crippen molar-refractivity contribution in [2.45, 2.75) is 24.7 Å². The van der Waals surface area contributed by atoms with Crippen molar-refractivity contribution < 1.29 is 8.42 Å². The maximum Gasteiger partial charge on any atom is 0.263 e. The summed E-state index contributed by atoms with van der Waals surface area (Å²) in [6.07, 6.45) is 3.43. The van der Waals surface area contributed by atoms with E-state index in [-0.39, 0.29) is 15.7 Å². The molecule has 0 amide bonds. The van der Waals surface area contributed by atoms with Gasteiger partial charge in [-0.2, -0.15) is 0 Å². The van der Waals surface area contributed by atoms with Crippen LogP contribution >= 0.6 is 11.6 Å². The second kappa shape index (κ2) is 6.24. The molecule has 2 rings (SSSR count). The zero-order chi connectivity index (χ0) is 14.6. The maximum absolute atomic E-state index is 12.2. The van der Waals surface area contributed by atoms with Gasteiger partial charge in [-0.25, -0.2) is 13.4 Å². The van der Waals surface area contributed by atoms with E-state index in [9.17, 15) is 8.42 Å². The Bertz CT molecular complexity index is 685. The van der Waals surface area contributed by atoms with Gasteiger partial charge in [0.2, 0.25) is 0 Å². The molecule has 0 aliphatic heterocycles. The van der Waals surface area contributed by atoms with Crippen molar-refractivity contribution in [1.82, 2.24) is 4.98 Å². The van der Waals surface area contributed by atoms with Crippen LogP contribution in [0.2, 0.25) is 5.02 Å². The number of halogens is 1. The third-order valence-electron chi connectivity index (χ3n) is 2.76. The van der Waals surface area contributed by atoms with Gasteiger partial charge >= 0.3 is 0 Å². The predicted molar refractivity (Wildman–Crippen MR) is 80.5 cm³/mol. The molecule has 0 bridgehead atoms. The Morgan fingerprint density at radius 3 is 2.50 bits per heavy atom. The number of benzene rings is 1. The first kappa shape index (κ1) is 14.8. The minimum Gasteiger partial charge on any atom is -0.262 e. The molecule has 2 aromatic rings. The molecule has 20 heavy (non-hydrogen) atoms. The molecule has 0 spiro atoms. The van der Waals surface area contributed by atoms with Crippen LogP contribution in [0.1, 0.15) is 18.9 Å². The molecule has 0 radical (unpaired) electrons.